The standard InChI is InChI=1S/C26H23ClN10O/c1-14-7-17(15(2)32-19-5-6-20(27)33-22(19)24-31-12-35(3)34-24)23-18(8-14)26(38)36(4)25-21(30-13-37(23)25)16-9-28-11-29-10-16/h5-13,15,32H,1-4H3. The summed E-state index contributed by atoms with van der Waals surface area (Å²) >= 11 is 6.22. The van der Waals surface area contributed by atoms with Gasteiger partial charge in [-0.15, -0.1) is 5.10 Å². The molecule has 1 aromatic carbocycles. The van der Waals surface area contributed by atoms with E-state index in [9.17, 15) is 4.79 Å². The Morgan fingerprint density at radius 2 is 1.82 bits per heavy atom. The summed E-state index contributed by atoms with van der Waals surface area (Å²) in [5, 5.41) is 8.88. The van der Waals surface area contributed by atoms with E-state index < -0.39 is 0 Å². The van der Waals surface area contributed by atoms with Crippen LogP contribution in [0, 0.1) is 6.92 Å². The molecule has 0 radical (unpaired) electrons. The number of pyridine rings is 1. The number of aromatic nitrogens is 9. The zero-order valence-corrected chi connectivity index (χ0v) is 21.8. The van der Waals surface area contributed by atoms with E-state index in [0.717, 1.165) is 27.9 Å². The summed E-state index contributed by atoms with van der Waals surface area (Å²) < 4.78 is 5.18. The maximum atomic E-state index is 13.6. The lowest BCUT2D eigenvalue weighted by atomic mass is 10.0. The Balaban J connectivity index is 1.55. The minimum Gasteiger partial charge on any atom is -0.377 e. The van der Waals surface area contributed by atoms with Crippen LogP contribution in [0.1, 0.15) is 24.1 Å². The van der Waals surface area contributed by atoms with Gasteiger partial charge in [-0.2, -0.15) is 0 Å². The lowest BCUT2D eigenvalue weighted by molar-refractivity contribution is 0.767. The van der Waals surface area contributed by atoms with Gasteiger partial charge in [-0.3, -0.25) is 18.4 Å². The first-order chi connectivity index (χ1) is 18.3. The number of hydrogen-bond donors (Lipinski definition) is 1. The van der Waals surface area contributed by atoms with Gasteiger partial charge in [0.2, 0.25) is 5.82 Å². The highest BCUT2D eigenvalue weighted by molar-refractivity contribution is 6.29. The molecule has 5 aromatic heterocycles. The Labute approximate surface area is 221 Å². The third-order valence-corrected chi connectivity index (χ3v) is 6.68. The molecule has 190 valence electrons. The molecule has 0 saturated heterocycles. The van der Waals surface area contributed by atoms with Crippen molar-refractivity contribution in [2.75, 3.05) is 5.32 Å². The molecule has 12 heteroatoms. The number of benzene rings is 1. The lowest BCUT2D eigenvalue weighted by Crippen LogP contribution is -2.21. The number of rotatable bonds is 5. The summed E-state index contributed by atoms with van der Waals surface area (Å²) in [5.41, 5.74) is 5.81. The van der Waals surface area contributed by atoms with Gasteiger partial charge in [-0.05, 0) is 43.2 Å². The summed E-state index contributed by atoms with van der Waals surface area (Å²) in [6.07, 6.45) is 8.18. The maximum absolute atomic E-state index is 13.6. The van der Waals surface area contributed by atoms with Crippen molar-refractivity contribution in [2.24, 2.45) is 14.1 Å². The van der Waals surface area contributed by atoms with Crippen LogP contribution in [0.3, 0.4) is 0 Å². The van der Waals surface area contributed by atoms with Crippen molar-refractivity contribution in [2.45, 2.75) is 19.9 Å². The highest BCUT2D eigenvalue weighted by atomic mass is 35.5. The monoisotopic (exact) mass is 526 g/mol. The molecule has 0 amide bonds. The molecule has 38 heavy (non-hydrogen) atoms. The van der Waals surface area contributed by atoms with Gasteiger partial charge in [-0.1, -0.05) is 17.7 Å². The van der Waals surface area contributed by atoms with E-state index in [-0.39, 0.29) is 11.6 Å². The van der Waals surface area contributed by atoms with Gasteiger partial charge in [0.1, 0.15) is 41.2 Å². The average Bonchev–Trinajstić information content (AvgIpc) is 3.55. The van der Waals surface area contributed by atoms with Crippen molar-refractivity contribution in [1.82, 2.24) is 43.7 Å². The third kappa shape index (κ3) is 3.88. The molecule has 1 unspecified atom stereocenters. The maximum Gasteiger partial charge on any atom is 0.261 e. The van der Waals surface area contributed by atoms with Crippen molar-refractivity contribution < 1.29 is 0 Å². The number of fused-ring (bicyclic) bond motifs is 3. The van der Waals surface area contributed by atoms with Gasteiger partial charge in [0.05, 0.1) is 22.6 Å². The summed E-state index contributed by atoms with van der Waals surface area (Å²) in [6.45, 7) is 4.01. The van der Waals surface area contributed by atoms with Gasteiger partial charge < -0.3 is 5.32 Å². The van der Waals surface area contributed by atoms with E-state index >= 15 is 0 Å². The van der Waals surface area contributed by atoms with Gasteiger partial charge >= 0.3 is 0 Å². The fourth-order valence-electron chi connectivity index (χ4n) is 4.78. The normalized spacial score (nSPS) is 12.3. The van der Waals surface area contributed by atoms with E-state index in [1.54, 1.807) is 54.5 Å². The highest BCUT2D eigenvalue weighted by Gasteiger charge is 2.22. The first kappa shape index (κ1) is 23.7. The predicted molar refractivity (Wildman–Crippen MR) is 145 cm³/mol. The molecule has 0 aliphatic carbocycles. The average molecular weight is 527 g/mol. The highest BCUT2D eigenvalue weighted by Crippen LogP contribution is 2.33. The van der Waals surface area contributed by atoms with Crippen molar-refractivity contribution in [3.05, 3.63) is 82.3 Å². The van der Waals surface area contributed by atoms with E-state index in [2.05, 4.69) is 41.4 Å². The predicted octanol–water partition coefficient (Wildman–Crippen LogP) is 3.97. The van der Waals surface area contributed by atoms with Crippen LogP contribution >= 0.6 is 11.6 Å². The van der Waals surface area contributed by atoms with Crippen LogP contribution in [0.2, 0.25) is 5.15 Å². The van der Waals surface area contributed by atoms with E-state index in [4.69, 9.17) is 11.6 Å². The Kier molecular flexibility index (Phi) is 5.64. The minimum absolute atomic E-state index is 0.116. The fraction of sp³-hybridized carbons (Fsp3) is 0.192. The number of aryl methyl sites for hydroxylation is 3. The lowest BCUT2D eigenvalue weighted by Gasteiger charge is -2.21. The molecule has 0 aliphatic rings. The summed E-state index contributed by atoms with van der Waals surface area (Å²) in [7, 11) is 3.55. The Morgan fingerprint density at radius 1 is 1.03 bits per heavy atom. The van der Waals surface area contributed by atoms with Crippen LogP contribution in [0.25, 0.3) is 39.3 Å². The third-order valence-electron chi connectivity index (χ3n) is 6.46. The topological polar surface area (TPSA) is 121 Å². The summed E-state index contributed by atoms with van der Waals surface area (Å²) in [6, 6.07) is 7.33. The SMILES string of the molecule is Cc1cc(C(C)Nc2ccc(Cl)nc2-c2ncn(C)n2)c2c(c1)c(=O)n(C)c1c(-c3cncnc3)ncn21. The van der Waals surface area contributed by atoms with Crippen molar-refractivity contribution in [3.8, 4) is 22.8 Å². The van der Waals surface area contributed by atoms with Crippen LogP contribution in [-0.4, -0.2) is 43.7 Å². The molecule has 0 bridgehead atoms. The molecule has 1 atom stereocenters. The molecule has 0 spiro atoms. The van der Waals surface area contributed by atoms with E-state index in [1.807, 2.05) is 30.4 Å². The Bertz CT molecular complexity index is 1890. The van der Waals surface area contributed by atoms with Crippen LogP contribution in [-0.2, 0) is 14.1 Å². The van der Waals surface area contributed by atoms with Crippen LogP contribution in [0.5, 0.6) is 0 Å². The quantitative estimate of drug-likeness (QED) is 0.335. The zero-order chi connectivity index (χ0) is 26.6. The van der Waals surface area contributed by atoms with Crippen LogP contribution in [0.15, 0.2) is 60.4 Å². The molecule has 0 fully saturated rings. The summed E-state index contributed by atoms with van der Waals surface area (Å²) in [4.78, 5) is 35.3. The second kappa shape index (κ2) is 9.03. The van der Waals surface area contributed by atoms with Crippen molar-refractivity contribution in [3.63, 3.8) is 0 Å². The number of nitrogens with zero attached hydrogens (tertiary/aromatic N) is 9. The minimum atomic E-state index is -0.232. The van der Waals surface area contributed by atoms with Gasteiger partial charge in [0.15, 0.2) is 0 Å². The largest absolute Gasteiger partial charge is 0.377 e. The number of hydrogen-bond acceptors (Lipinski definition) is 8. The molecule has 6 rings (SSSR count). The second-order valence-corrected chi connectivity index (χ2v) is 9.55. The smallest absolute Gasteiger partial charge is 0.261 e. The molecular weight excluding hydrogens is 504 g/mol. The molecule has 5 heterocycles. The van der Waals surface area contributed by atoms with Crippen molar-refractivity contribution in [1.29, 1.82) is 0 Å². The molecule has 0 saturated carbocycles. The van der Waals surface area contributed by atoms with E-state index in [0.29, 0.717) is 33.4 Å². The van der Waals surface area contributed by atoms with Crippen LogP contribution in [0.4, 0.5) is 5.69 Å². The molecule has 1 N–H and O–H groups in total. The molecule has 6 aromatic rings. The van der Waals surface area contributed by atoms with Crippen molar-refractivity contribution >= 4 is 33.8 Å². The number of imidazole rings is 1. The summed E-state index contributed by atoms with van der Waals surface area (Å²) in [5.74, 6) is 0.458. The fourth-order valence-corrected chi connectivity index (χ4v) is 4.93. The van der Waals surface area contributed by atoms with Gasteiger partial charge in [0, 0.05) is 32.1 Å². The Morgan fingerprint density at radius 3 is 2.55 bits per heavy atom. The number of nitrogens with one attached hydrogen (secondary N) is 1. The van der Waals surface area contributed by atoms with Crippen LogP contribution < -0.4 is 10.9 Å². The molecule has 11 nitrogen and oxygen atoms in total. The number of halogens is 1. The molecular formula is C26H23ClN10O. The first-order valence-corrected chi connectivity index (χ1v) is 12.2. The van der Waals surface area contributed by atoms with Gasteiger partial charge in [-0.25, -0.2) is 24.9 Å². The zero-order valence-electron chi connectivity index (χ0n) is 21.1. The number of anilines is 1. The molecule has 0 aliphatic heterocycles. The first-order valence-electron chi connectivity index (χ1n) is 11.9. The van der Waals surface area contributed by atoms with Gasteiger partial charge in [0.25, 0.3) is 5.56 Å². The van der Waals surface area contributed by atoms with E-state index in [1.165, 1.54) is 6.33 Å². The Hall–Kier alpha value is -4.64. The second-order valence-electron chi connectivity index (χ2n) is 9.17.